The fraction of sp³-hybridized carbons (Fsp3) is 0.235. The Labute approximate surface area is 135 Å². The van der Waals surface area contributed by atoms with Crippen LogP contribution in [0.25, 0.3) is 21.3 Å². The van der Waals surface area contributed by atoms with Crippen LogP contribution in [-0.4, -0.2) is 11.3 Å². The van der Waals surface area contributed by atoms with Crippen molar-refractivity contribution in [3.63, 3.8) is 0 Å². The number of ether oxygens (including phenoxy) is 1. The highest BCUT2D eigenvalue weighted by Gasteiger charge is 2.31. The van der Waals surface area contributed by atoms with E-state index in [-0.39, 0.29) is 5.75 Å². The standard InChI is InChI=1S/C17H14F3NOS/c1-9-4-12-6-14(10(2)5-15(12)21-11(9)3)16-7-13(8-23-16)22-17(18,19)20/h4-8H,1-3H3. The summed E-state index contributed by atoms with van der Waals surface area (Å²) in [4.78, 5) is 5.29. The zero-order chi connectivity index (χ0) is 16.8. The molecule has 0 saturated carbocycles. The number of benzene rings is 1. The lowest BCUT2D eigenvalue weighted by molar-refractivity contribution is -0.274. The third-order valence-electron chi connectivity index (χ3n) is 3.68. The maximum absolute atomic E-state index is 12.3. The van der Waals surface area contributed by atoms with Crippen molar-refractivity contribution in [2.45, 2.75) is 27.1 Å². The summed E-state index contributed by atoms with van der Waals surface area (Å²) in [7, 11) is 0. The van der Waals surface area contributed by atoms with Gasteiger partial charge in [0.25, 0.3) is 0 Å². The summed E-state index contributed by atoms with van der Waals surface area (Å²) in [5.74, 6) is -0.185. The lowest BCUT2D eigenvalue weighted by Crippen LogP contribution is -2.16. The Morgan fingerprint density at radius 3 is 2.43 bits per heavy atom. The van der Waals surface area contributed by atoms with E-state index in [4.69, 9.17) is 0 Å². The second-order valence-electron chi connectivity index (χ2n) is 5.44. The molecular weight excluding hydrogens is 323 g/mol. The minimum atomic E-state index is -4.67. The average molecular weight is 337 g/mol. The van der Waals surface area contributed by atoms with Gasteiger partial charge in [0.1, 0.15) is 5.75 Å². The number of alkyl halides is 3. The van der Waals surface area contributed by atoms with Crippen molar-refractivity contribution in [1.82, 2.24) is 4.98 Å². The third-order valence-corrected chi connectivity index (χ3v) is 4.62. The molecule has 0 N–H and O–H groups in total. The van der Waals surface area contributed by atoms with Crippen LogP contribution in [0.1, 0.15) is 16.8 Å². The van der Waals surface area contributed by atoms with E-state index >= 15 is 0 Å². The summed E-state index contributed by atoms with van der Waals surface area (Å²) >= 11 is 1.23. The van der Waals surface area contributed by atoms with E-state index in [2.05, 4.69) is 9.72 Å². The number of halogens is 3. The molecule has 0 atom stereocenters. The normalized spacial score (nSPS) is 11.9. The molecule has 2 heterocycles. The molecular formula is C17H14F3NOS. The van der Waals surface area contributed by atoms with Crippen LogP contribution in [0.3, 0.4) is 0 Å². The van der Waals surface area contributed by atoms with E-state index in [0.29, 0.717) is 0 Å². The Hall–Kier alpha value is -2.08. The van der Waals surface area contributed by atoms with E-state index in [0.717, 1.165) is 38.2 Å². The van der Waals surface area contributed by atoms with Crippen LogP contribution >= 0.6 is 11.3 Å². The number of aromatic nitrogens is 1. The second kappa shape index (κ2) is 5.53. The molecule has 0 spiro atoms. The highest BCUT2D eigenvalue weighted by Crippen LogP contribution is 2.37. The lowest BCUT2D eigenvalue weighted by atomic mass is 10.0. The van der Waals surface area contributed by atoms with Gasteiger partial charge >= 0.3 is 6.36 Å². The van der Waals surface area contributed by atoms with E-state index < -0.39 is 6.36 Å². The fourth-order valence-electron chi connectivity index (χ4n) is 2.44. The molecule has 0 aliphatic heterocycles. The van der Waals surface area contributed by atoms with Gasteiger partial charge < -0.3 is 4.74 Å². The number of hydrogen-bond acceptors (Lipinski definition) is 3. The zero-order valence-corrected chi connectivity index (χ0v) is 13.6. The maximum Gasteiger partial charge on any atom is 0.573 e. The van der Waals surface area contributed by atoms with E-state index in [1.165, 1.54) is 22.8 Å². The largest absolute Gasteiger partial charge is 0.573 e. The first-order chi connectivity index (χ1) is 10.7. The van der Waals surface area contributed by atoms with Crippen molar-refractivity contribution < 1.29 is 17.9 Å². The first-order valence-electron chi connectivity index (χ1n) is 6.96. The van der Waals surface area contributed by atoms with Gasteiger partial charge in [-0.1, -0.05) is 0 Å². The van der Waals surface area contributed by atoms with Crippen molar-refractivity contribution in [1.29, 1.82) is 0 Å². The number of thiophene rings is 1. The van der Waals surface area contributed by atoms with Gasteiger partial charge in [-0.3, -0.25) is 4.98 Å². The van der Waals surface area contributed by atoms with Crippen molar-refractivity contribution in [2.24, 2.45) is 0 Å². The average Bonchev–Trinajstić information content (AvgIpc) is 2.86. The number of pyridine rings is 1. The smallest absolute Gasteiger partial charge is 0.405 e. The predicted molar refractivity (Wildman–Crippen MR) is 86.0 cm³/mol. The predicted octanol–water partition coefficient (Wildman–Crippen LogP) is 5.79. The molecule has 0 aliphatic rings. The molecule has 23 heavy (non-hydrogen) atoms. The van der Waals surface area contributed by atoms with Gasteiger partial charge in [-0.25, -0.2) is 0 Å². The van der Waals surface area contributed by atoms with E-state index in [1.807, 2.05) is 39.0 Å². The molecule has 0 saturated heterocycles. The molecule has 1 aromatic carbocycles. The summed E-state index contributed by atoms with van der Waals surface area (Å²) in [5.41, 5.74) is 4.80. The molecule has 0 fully saturated rings. The van der Waals surface area contributed by atoms with Crippen molar-refractivity contribution in [3.05, 3.63) is 46.5 Å². The number of hydrogen-bond donors (Lipinski definition) is 0. The molecule has 0 unspecified atom stereocenters. The first-order valence-corrected chi connectivity index (χ1v) is 7.84. The third kappa shape index (κ3) is 3.32. The summed E-state index contributed by atoms with van der Waals surface area (Å²) in [5, 5.41) is 2.34. The SMILES string of the molecule is Cc1cc2nc(C)c(C)cc2cc1-c1cc(OC(F)(F)F)cs1. The van der Waals surface area contributed by atoms with E-state index in [9.17, 15) is 13.2 Å². The monoisotopic (exact) mass is 337 g/mol. The Morgan fingerprint density at radius 1 is 1.00 bits per heavy atom. The molecule has 6 heteroatoms. The second-order valence-corrected chi connectivity index (χ2v) is 6.36. The van der Waals surface area contributed by atoms with E-state index in [1.54, 1.807) is 0 Å². The van der Waals surface area contributed by atoms with Crippen molar-refractivity contribution in [2.75, 3.05) is 0 Å². The fourth-order valence-corrected chi connectivity index (χ4v) is 3.33. The van der Waals surface area contributed by atoms with Crippen LogP contribution in [0, 0.1) is 20.8 Å². The van der Waals surface area contributed by atoms with Crippen molar-refractivity contribution >= 4 is 22.2 Å². The molecule has 120 valence electrons. The Kier molecular flexibility index (Phi) is 3.80. The summed E-state index contributed by atoms with van der Waals surface area (Å²) < 4.78 is 40.9. The van der Waals surface area contributed by atoms with Crippen LogP contribution < -0.4 is 4.74 Å². The Morgan fingerprint density at radius 2 is 1.74 bits per heavy atom. The molecule has 0 radical (unpaired) electrons. The van der Waals surface area contributed by atoms with Crippen LogP contribution in [0.15, 0.2) is 29.6 Å². The lowest BCUT2D eigenvalue weighted by Gasteiger charge is -2.09. The van der Waals surface area contributed by atoms with Crippen molar-refractivity contribution in [3.8, 4) is 16.2 Å². The minimum Gasteiger partial charge on any atom is -0.405 e. The molecule has 0 bridgehead atoms. The van der Waals surface area contributed by atoms with Gasteiger partial charge in [0, 0.05) is 21.3 Å². The van der Waals surface area contributed by atoms with Crippen LogP contribution in [-0.2, 0) is 0 Å². The Bertz CT molecular complexity index is 883. The maximum atomic E-state index is 12.3. The molecule has 0 amide bonds. The van der Waals surface area contributed by atoms with Crippen LogP contribution in [0.4, 0.5) is 13.2 Å². The van der Waals surface area contributed by atoms with Gasteiger partial charge in [-0.15, -0.1) is 24.5 Å². The first kappa shape index (κ1) is 15.8. The number of rotatable bonds is 2. The van der Waals surface area contributed by atoms with Gasteiger partial charge in [-0.2, -0.15) is 0 Å². The molecule has 2 aromatic heterocycles. The molecule has 3 aromatic rings. The molecule has 0 aliphatic carbocycles. The van der Waals surface area contributed by atoms with Gasteiger partial charge in [0.05, 0.1) is 5.52 Å². The number of fused-ring (bicyclic) bond motifs is 1. The topological polar surface area (TPSA) is 22.1 Å². The minimum absolute atomic E-state index is 0.185. The van der Waals surface area contributed by atoms with Gasteiger partial charge in [-0.05, 0) is 61.7 Å². The molecule has 2 nitrogen and oxygen atoms in total. The Balaban J connectivity index is 2.06. The number of aryl methyl sites for hydroxylation is 3. The summed E-state index contributed by atoms with van der Waals surface area (Å²) in [6, 6.07) is 7.39. The number of nitrogens with zero attached hydrogens (tertiary/aromatic N) is 1. The van der Waals surface area contributed by atoms with Crippen LogP contribution in [0.5, 0.6) is 5.75 Å². The zero-order valence-electron chi connectivity index (χ0n) is 12.8. The summed E-state index contributed by atoms with van der Waals surface area (Å²) in [6.07, 6.45) is -4.67. The van der Waals surface area contributed by atoms with Gasteiger partial charge in [0.15, 0.2) is 0 Å². The summed E-state index contributed by atoms with van der Waals surface area (Å²) in [6.45, 7) is 5.87. The van der Waals surface area contributed by atoms with Crippen LogP contribution in [0.2, 0.25) is 0 Å². The molecule has 3 rings (SSSR count). The quantitative estimate of drug-likeness (QED) is 0.591. The van der Waals surface area contributed by atoms with Gasteiger partial charge in [0.2, 0.25) is 0 Å². The highest BCUT2D eigenvalue weighted by atomic mass is 32.1. The highest BCUT2D eigenvalue weighted by molar-refractivity contribution is 7.13.